The predicted molar refractivity (Wildman–Crippen MR) is 75.7 cm³/mol. The number of carbonyl (C=O) groups is 2. The minimum Gasteiger partial charge on any atom is -0.378 e. The van der Waals surface area contributed by atoms with Crippen molar-refractivity contribution in [1.29, 1.82) is 0 Å². The number of hydrogen-bond donors (Lipinski definition) is 1. The molecular weight excluding hydrogens is 272 g/mol. The lowest BCUT2D eigenvalue weighted by Gasteiger charge is -2.36. The number of ether oxygens (including phenoxy) is 2. The molecule has 6 nitrogen and oxygen atoms in total. The molecule has 118 valence electrons. The minimum atomic E-state index is -0.665. The Bertz CT molecular complexity index is 425. The summed E-state index contributed by atoms with van der Waals surface area (Å²) in [7, 11) is 1.67. The minimum absolute atomic E-state index is 0.0121. The summed E-state index contributed by atoms with van der Waals surface area (Å²) < 4.78 is 11.1. The summed E-state index contributed by atoms with van der Waals surface area (Å²) in [6.07, 6.45) is 4.67. The zero-order valence-electron chi connectivity index (χ0n) is 12.7. The summed E-state index contributed by atoms with van der Waals surface area (Å²) in [5.41, 5.74) is -1.08. The molecule has 2 saturated heterocycles. The average molecular weight is 296 g/mol. The van der Waals surface area contributed by atoms with Gasteiger partial charge in [-0.3, -0.25) is 9.59 Å². The van der Waals surface area contributed by atoms with Crippen molar-refractivity contribution in [3.05, 3.63) is 0 Å². The molecule has 1 aliphatic carbocycles. The Morgan fingerprint density at radius 3 is 2.67 bits per heavy atom. The van der Waals surface area contributed by atoms with Gasteiger partial charge in [0.2, 0.25) is 11.8 Å². The summed E-state index contributed by atoms with van der Waals surface area (Å²) in [4.78, 5) is 26.8. The van der Waals surface area contributed by atoms with E-state index < -0.39 is 11.1 Å². The molecule has 1 N–H and O–H groups in total. The van der Waals surface area contributed by atoms with E-state index in [4.69, 9.17) is 9.47 Å². The molecule has 3 aliphatic rings. The number of carbonyl (C=O) groups excluding carboxylic acids is 2. The molecule has 1 unspecified atom stereocenters. The van der Waals surface area contributed by atoms with Crippen molar-refractivity contribution in [1.82, 2.24) is 10.2 Å². The Kier molecular flexibility index (Phi) is 3.92. The Morgan fingerprint density at radius 1 is 1.29 bits per heavy atom. The van der Waals surface area contributed by atoms with E-state index in [0.29, 0.717) is 32.7 Å². The Balaban J connectivity index is 1.80. The van der Waals surface area contributed by atoms with Crippen molar-refractivity contribution in [3.63, 3.8) is 0 Å². The van der Waals surface area contributed by atoms with Crippen LogP contribution in [-0.2, 0) is 19.1 Å². The first kappa shape index (κ1) is 14.8. The van der Waals surface area contributed by atoms with Crippen LogP contribution in [0.5, 0.6) is 0 Å². The number of nitrogens with one attached hydrogen (secondary N) is 1. The van der Waals surface area contributed by atoms with Crippen LogP contribution in [0.2, 0.25) is 0 Å². The van der Waals surface area contributed by atoms with E-state index in [-0.39, 0.29) is 11.8 Å². The van der Waals surface area contributed by atoms with E-state index in [0.717, 1.165) is 32.1 Å². The van der Waals surface area contributed by atoms with E-state index in [9.17, 15) is 9.59 Å². The highest BCUT2D eigenvalue weighted by molar-refractivity contribution is 5.93. The molecule has 3 fully saturated rings. The highest BCUT2D eigenvalue weighted by Crippen LogP contribution is 2.34. The Labute approximate surface area is 125 Å². The monoisotopic (exact) mass is 296 g/mol. The molecule has 2 aliphatic heterocycles. The van der Waals surface area contributed by atoms with E-state index in [1.165, 1.54) is 0 Å². The van der Waals surface area contributed by atoms with Gasteiger partial charge < -0.3 is 19.7 Å². The Hall–Kier alpha value is -1.14. The fourth-order valence-electron chi connectivity index (χ4n) is 3.78. The summed E-state index contributed by atoms with van der Waals surface area (Å²) in [6.45, 7) is 2.16. The van der Waals surface area contributed by atoms with E-state index in [1.807, 2.05) is 4.90 Å². The van der Waals surface area contributed by atoms with Crippen LogP contribution in [0.1, 0.15) is 38.5 Å². The van der Waals surface area contributed by atoms with Gasteiger partial charge in [-0.15, -0.1) is 0 Å². The lowest BCUT2D eigenvalue weighted by atomic mass is 9.94. The molecule has 2 heterocycles. The number of methoxy groups -OCH3 is 1. The van der Waals surface area contributed by atoms with Crippen molar-refractivity contribution >= 4 is 11.8 Å². The lowest BCUT2D eigenvalue weighted by Crippen LogP contribution is -2.58. The van der Waals surface area contributed by atoms with Crippen molar-refractivity contribution in [2.75, 3.05) is 33.4 Å². The van der Waals surface area contributed by atoms with Crippen molar-refractivity contribution < 1.29 is 19.1 Å². The van der Waals surface area contributed by atoms with Gasteiger partial charge in [0.1, 0.15) is 11.1 Å². The van der Waals surface area contributed by atoms with E-state index in [1.54, 1.807) is 7.11 Å². The smallest absolute Gasteiger partial charge is 0.248 e. The number of amides is 2. The van der Waals surface area contributed by atoms with Crippen molar-refractivity contribution in [2.24, 2.45) is 0 Å². The van der Waals surface area contributed by atoms with Gasteiger partial charge in [0.15, 0.2) is 0 Å². The van der Waals surface area contributed by atoms with E-state index >= 15 is 0 Å². The van der Waals surface area contributed by atoms with Crippen LogP contribution in [0.4, 0.5) is 0 Å². The SMILES string of the molecule is COC1(CN2CCC(=O)NC3(CCCC3)C2=O)CCOC1. The first-order valence-electron chi connectivity index (χ1n) is 7.83. The number of rotatable bonds is 3. The van der Waals surface area contributed by atoms with Gasteiger partial charge in [-0.25, -0.2) is 0 Å². The van der Waals surface area contributed by atoms with Crippen LogP contribution in [-0.4, -0.2) is 61.3 Å². The molecule has 21 heavy (non-hydrogen) atoms. The first-order chi connectivity index (χ1) is 10.1. The molecule has 0 aromatic heterocycles. The van der Waals surface area contributed by atoms with Gasteiger partial charge in [-0.05, 0) is 12.8 Å². The van der Waals surface area contributed by atoms with Crippen LogP contribution in [0.15, 0.2) is 0 Å². The Morgan fingerprint density at radius 2 is 2.05 bits per heavy atom. The van der Waals surface area contributed by atoms with Crippen LogP contribution in [0.25, 0.3) is 0 Å². The van der Waals surface area contributed by atoms with Crippen LogP contribution < -0.4 is 5.32 Å². The number of hydrogen-bond acceptors (Lipinski definition) is 4. The molecule has 3 rings (SSSR count). The van der Waals surface area contributed by atoms with Crippen LogP contribution >= 0.6 is 0 Å². The molecule has 0 bridgehead atoms. The second-order valence-corrected chi connectivity index (χ2v) is 6.50. The molecule has 1 atom stereocenters. The largest absolute Gasteiger partial charge is 0.378 e. The topological polar surface area (TPSA) is 67.9 Å². The van der Waals surface area contributed by atoms with Crippen molar-refractivity contribution in [2.45, 2.75) is 49.7 Å². The van der Waals surface area contributed by atoms with Crippen LogP contribution in [0, 0.1) is 0 Å². The quantitative estimate of drug-likeness (QED) is 0.821. The molecule has 2 amide bonds. The van der Waals surface area contributed by atoms with Crippen LogP contribution in [0.3, 0.4) is 0 Å². The third-order valence-electron chi connectivity index (χ3n) is 5.12. The zero-order valence-corrected chi connectivity index (χ0v) is 12.7. The summed E-state index contributed by atoms with van der Waals surface area (Å²) >= 11 is 0. The standard InChI is InChI=1S/C15H24N2O4/c1-20-14(7-9-21-11-14)10-17-8-4-12(18)16-15(13(17)19)5-2-3-6-15/h2-11H2,1H3,(H,16,18). The van der Waals surface area contributed by atoms with E-state index in [2.05, 4.69) is 5.32 Å². The van der Waals surface area contributed by atoms with Gasteiger partial charge >= 0.3 is 0 Å². The highest BCUT2D eigenvalue weighted by Gasteiger charge is 2.48. The summed E-state index contributed by atoms with van der Waals surface area (Å²) in [5, 5.41) is 2.99. The van der Waals surface area contributed by atoms with Gasteiger partial charge in [0.25, 0.3) is 0 Å². The van der Waals surface area contributed by atoms with Gasteiger partial charge in [-0.1, -0.05) is 12.8 Å². The van der Waals surface area contributed by atoms with Gasteiger partial charge in [0, 0.05) is 33.1 Å². The molecule has 1 spiro atoms. The fraction of sp³-hybridized carbons (Fsp3) is 0.867. The van der Waals surface area contributed by atoms with Crippen molar-refractivity contribution in [3.8, 4) is 0 Å². The number of nitrogens with zero attached hydrogens (tertiary/aromatic N) is 1. The first-order valence-corrected chi connectivity index (χ1v) is 7.83. The molecular formula is C15H24N2O4. The summed E-state index contributed by atoms with van der Waals surface area (Å²) in [5.74, 6) is 0.0519. The molecule has 0 aromatic rings. The van der Waals surface area contributed by atoms with Gasteiger partial charge in [0.05, 0.1) is 13.2 Å². The normalized spacial score (nSPS) is 32.5. The second-order valence-electron chi connectivity index (χ2n) is 6.50. The zero-order chi connectivity index (χ0) is 14.9. The third-order valence-corrected chi connectivity index (χ3v) is 5.12. The van der Waals surface area contributed by atoms with Gasteiger partial charge in [-0.2, -0.15) is 0 Å². The average Bonchev–Trinajstić information content (AvgIpc) is 3.11. The third kappa shape index (κ3) is 2.66. The summed E-state index contributed by atoms with van der Waals surface area (Å²) in [6, 6.07) is 0. The lowest BCUT2D eigenvalue weighted by molar-refractivity contribution is -0.142. The maximum absolute atomic E-state index is 13.0. The highest BCUT2D eigenvalue weighted by atomic mass is 16.5. The predicted octanol–water partition coefficient (Wildman–Crippen LogP) is 0.453. The molecule has 0 aromatic carbocycles. The molecule has 0 radical (unpaired) electrons. The fourth-order valence-corrected chi connectivity index (χ4v) is 3.78. The maximum Gasteiger partial charge on any atom is 0.248 e. The molecule has 1 saturated carbocycles. The molecule has 6 heteroatoms. The maximum atomic E-state index is 13.0. The second kappa shape index (κ2) is 5.57.